The second-order valence-corrected chi connectivity index (χ2v) is 6.30. The van der Waals surface area contributed by atoms with Crippen LogP contribution in [0.5, 0.6) is 0 Å². The van der Waals surface area contributed by atoms with E-state index in [9.17, 15) is 14.4 Å². The number of aryl methyl sites for hydroxylation is 1. The molecule has 1 aromatic carbocycles. The number of amides is 1. The molecule has 0 saturated heterocycles. The summed E-state index contributed by atoms with van der Waals surface area (Å²) in [5, 5.41) is 6.11. The minimum Gasteiger partial charge on any atom is -0.448 e. The van der Waals surface area contributed by atoms with Crippen LogP contribution in [0, 0.1) is 13.8 Å². The molecule has 3 aromatic rings. The van der Waals surface area contributed by atoms with Gasteiger partial charge in [0.05, 0.1) is 11.4 Å². The van der Waals surface area contributed by atoms with Crippen molar-refractivity contribution < 1.29 is 18.8 Å². The normalized spacial score (nSPS) is 11.9. The Bertz CT molecular complexity index is 1080. The van der Waals surface area contributed by atoms with E-state index in [1.807, 2.05) is 18.2 Å². The topological polar surface area (TPSA) is 108 Å². The first-order valence-corrected chi connectivity index (χ1v) is 8.58. The third-order valence-electron chi connectivity index (χ3n) is 4.29. The van der Waals surface area contributed by atoms with Gasteiger partial charge in [-0.15, -0.1) is 0 Å². The number of nitrogens with zero attached hydrogens (tertiary/aromatic N) is 3. The summed E-state index contributed by atoms with van der Waals surface area (Å²) < 4.78 is 13.0. The second-order valence-electron chi connectivity index (χ2n) is 6.30. The van der Waals surface area contributed by atoms with Gasteiger partial charge in [-0.2, -0.15) is 0 Å². The molecule has 0 aliphatic heterocycles. The average Bonchev–Trinajstić information content (AvgIpc) is 3.20. The number of carbonyl (C=O) groups is 2. The predicted octanol–water partition coefficient (Wildman–Crippen LogP) is 1.96. The highest BCUT2D eigenvalue weighted by atomic mass is 16.6. The van der Waals surface area contributed by atoms with Crippen LogP contribution in [0.4, 0.5) is 5.69 Å². The van der Waals surface area contributed by atoms with Gasteiger partial charge in [0.1, 0.15) is 11.4 Å². The van der Waals surface area contributed by atoms with E-state index in [0.717, 1.165) is 0 Å². The molecule has 9 heteroatoms. The van der Waals surface area contributed by atoms with E-state index in [4.69, 9.17) is 9.26 Å². The van der Waals surface area contributed by atoms with Gasteiger partial charge >= 0.3 is 5.97 Å². The van der Waals surface area contributed by atoms with Crippen molar-refractivity contribution in [1.29, 1.82) is 0 Å². The summed E-state index contributed by atoms with van der Waals surface area (Å²) in [6.07, 6.45) is -1.13. The smallest absolute Gasteiger partial charge is 0.361 e. The van der Waals surface area contributed by atoms with Gasteiger partial charge in [-0.1, -0.05) is 23.4 Å². The monoisotopic (exact) mass is 384 g/mol. The molecular formula is C19H20N4O5. The maximum absolute atomic E-state index is 12.8. The summed E-state index contributed by atoms with van der Waals surface area (Å²) in [5.41, 5.74) is 0.938. The number of nitrogens with one attached hydrogen (secondary N) is 1. The van der Waals surface area contributed by atoms with Crippen LogP contribution in [-0.4, -0.2) is 32.5 Å². The fraction of sp³-hybridized carbons (Fsp3) is 0.263. The summed E-state index contributed by atoms with van der Waals surface area (Å²) in [6.45, 7) is 4.76. The molecule has 9 nitrogen and oxygen atoms in total. The minimum atomic E-state index is -1.13. The molecule has 0 spiro atoms. The van der Waals surface area contributed by atoms with Crippen LogP contribution in [0.15, 0.2) is 45.7 Å². The van der Waals surface area contributed by atoms with Gasteiger partial charge in [-0.3, -0.25) is 14.3 Å². The first kappa shape index (κ1) is 19.2. The van der Waals surface area contributed by atoms with E-state index in [1.165, 1.54) is 17.7 Å². The quantitative estimate of drug-likeness (QED) is 0.674. The van der Waals surface area contributed by atoms with Crippen LogP contribution < -0.4 is 10.9 Å². The molecule has 1 N–H and O–H groups in total. The molecule has 1 amide bonds. The summed E-state index contributed by atoms with van der Waals surface area (Å²) in [5.74, 6) is -0.962. The zero-order valence-corrected chi connectivity index (χ0v) is 15.9. The molecule has 0 bridgehead atoms. The molecule has 146 valence electrons. The van der Waals surface area contributed by atoms with Gasteiger partial charge in [-0.05, 0) is 32.9 Å². The molecule has 3 rings (SSSR count). The highest BCUT2D eigenvalue weighted by Crippen LogP contribution is 2.15. The maximum Gasteiger partial charge on any atom is 0.361 e. The summed E-state index contributed by atoms with van der Waals surface area (Å²) in [6, 6.07) is 10.5. The van der Waals surface area contributed by atoms with Crippen molar-refractivity contribution in [3.63, 3.8) is 0 Å². The van der Waals surface area contributed by atoms with E-state index in [2.05, 4.69) is 10.5 Å². The molecule has 0 saturated carbocycles. The lowest BCUT2D eigenvalue weighted by atomic mass is 10.3. The summed E-state index contributed by atoms with van der Waals surface area (Å²) >= 11 is 0. The van der Waals surface area contributed by atoms with Crippen molar-refractivity contribution >= 4 is 17.6 Å². The fourth-order valence-electron chi connectivity index (χ4n) is 2.67. The Morgan fingerprint density at radius 2 is 1.89 bits per heavy atom. The molecule has 0 radical (unpaired) electrons. The van der Waals surface area contributed by atoms with Crippen molar-refractivity contribution in [1.82, 2.24) is 14.5 Å². The van der Waals surface area contributed by atoms with E-state index in [1.54, 1.807) is 37.7 Å². The summed E-state index contributed by atoms with van der Waals surface area (Å²) in [4.78, 5) is 37.3. The third-order valence-corrected chi connectivity index (χ3v) is 4.29. The number of anilines is 1. The van der Waals surface area contributed by atoms with Gasteiger partial charge in [0.25, 0.3) is 11.5 Å². The Labute approximate surface area is 160 Å². The number of carbonyl (C=O) groups excluding carboxylic acids is 2. The van der Waals surface area contributed by atoms with Crippen molar-refractivity contribution in [3.05, 3.63) is 63.9 Å². The zero-order chi connectivity index (χ0) is 20.4. The van der Waals surface area contributed by atoms with Crippen LogP contribution >= 0.6 is 0 Å². The Balaban J connectivity index is 1.79. The number of esters is 1. The lowest BCUT2D eigenvalue weighted by molar-refractivity contribution is -0.123. The second kappa shape index (κ2) is 7.55. The molecule has 0 fully saturated rings. The standard InChI is InChI=1S/C19H20N4O5/c1-11-10-15(21-28-11)19(26)27-13(3)17(24)20-16-12(2)22(4)23(18(16)25)14-8-6-5-7-9-14/h5-10,13H,1-4H3,(H,20,24). The predicted molar refractivity (Wildman–Crippen MR) is 100 cm³/mol. The zero-order valence-electron chi connectivity index (χ0n) is 15.9. The lowest BCUT2D eigenvalue weighted by Crippen LogP contribution is -2.32. The van der Waals surface area contributed by atoms with Gasteiger partial charge in [0.2, 0.25) is 0 Å². The largest absolute Gasteiger partial charge is 0.448 e. The highest BCUT2D eigenvalue weighted by Gasteiger charge is 2.24. The van der Waals surface area contributed by atoms with E-state index < -0.39 is 18.0 Å². The average molecular weight is 384 g/mol. The Morgan fingerprint density at radius 3 is 2.50 bits per heavy atom. The number of hydrogen-bond acceptors (Lipinski definition) is 6. The van der Waals surface area contributed by atoms with E-state index >= 15 is 0 Å². The molecule has 2 aromatic heterocycles. The Morgan fingerprint density at radius 1 is 1.21 bits per heavy atom. The van der Waals surface area contributed by atoms with E-state index in [-0.39, 0.29) is 16.9 Å². The molecule has 0 aliphatic rings. The fourth-order valence-corrected chi connectivity index (χ4v) is 2.67. The molecule has 0 aliphatic carbocycles. The molecular weight excluding hydrogens is 364 g/mol. The van der Waals surface area contributed by atoms with Crippen LogP contribution in [0.3, 0.4) is 0 Å². The lowest BCUT2D eigenvalue weighted by Gasteiger charge is -2.11. The van der Waals surface area contributed by atoms with Crippen molar-refractivity contribution in [2.75, 3.05) is 5.32 Å². The van der Waals surface area contributed by atoms with Gasteiger partial charge in [0.15, 0.2) is 11.8 Å². The first-order valence-electron chi connectivity index (χ1n) is 8.58. The van der Waals surface area contributed by atoms with Crippen molar-refractivity contribution in [2.45, 2.75) is 26.9 Å². The SMILES string of the molecule is Cc1cc(C(=O)OC(C)C(=O)Nc2c(C)n(C)n(-c3ccccc3)c2=O)no1. The van der Waals surface area contributed by atoms with Gasteiger partial charge in [0, 0.05) is 13.1 Å². The van der Waals surface area contributed by atoms with E-state index in [0.29, 0.717) is 17.1 Å². The molecule has 28 heavy (non-hydrogen) atoms. The maximum atomic E-state index is 12.8. The first-order chi connectivity index (χ1) is 13.3. The van der Waals surface area contributed by atoms with Crippen molar-refractivity contribution in [3.8, 4) is 5.69 Å². The number of ether oxygens (including phenoxy) is 1. The number of aromatic nitrogens is 3. The van der Waals surface area contributed by atoms with Crippen LogP contribution in [0.25, 0.3) is 5.69 Å². The highest BCUT2D eigenvalue weighted by molar-refractivity contribution is 5.97. The Kier molecular flexibility index (Phi) is 5.16. The van der Waals surface area contributed by atoms with Crippen LogP contribution in [-0.2, 0) is 16.6 Å². The minimum absolute atomic E-state index is 0.0283. The number of benzene rings is 1. The number of para-hydroxylation sites is 1. The molecule has 1 atom stereocenters. The van der Waals surface area contributed by atoms with Crippen LogP contribution in [0.1, 0.15) is 28.9 Å². The number of hydrogen-bond donors (Lipinski definition) is 1. The third kappa shape index (κ3) is 3.59. The van der Waals surface area contributed by atoms with Gasteiger partial charge < -0.3 is 14.6 Å². The Hall–Kier alpha value is -3.62. The molecule has 1 unspecified atom stereocenters. The summed E-state index contributed by atoms with van der Waals surface area (Å²) in [7, 11) is 1.72. The van der Waals surface area contributed by atoms with Crippen molar-refractivity contribution in [2.24, 2.45) is 7.05 Å². The van der Waals surface area contributed by atoms with Crippen LogP contribution in [0.2, 0.25) is 0 Å². The molecule has 2 heterocycles. The van der Waals surface area contributed by atoms with Gasteiger partial charge in [-0.25, -0.2) is 9.48 Å². The number of rotatable bonds is 5.